The fraction of sp³-hybridized carbons (Fsp3) is 1.00. The van der Waals surface area contributed by atoms with Crippen molar-refractivity contribution >= 4 is 0 Å². The van der Waals surface area contributed by atoms with Crippen LogP contribution in [0, 0.1) is 0 Å². The summed E-state index contributed by atoms with van der Waals surface area (Å²) < 4.78 is 5.25. The van der Waals surface area contributed by atoms with E-state index in [-0.39, 0.29) is 0 Å². The van der Waals surface area contributed by atoms with Gasteiger partial charge in [0, 0.05) is 31.8 Å². The van der Waals surface area contributed by atoms with Gasteiger partial charge in [0.05, 0.1) is 6.61 Å². The van der Waals surface area contributed by atoms with E-state index in [1.54, 1.807) is 7.11 Å². The van der Waals surface area contributed by atoms with Gasteiger partial charge < -0.3 is 10.1 Å². The molecule has 18 heavy (non-hydrogen) atoms. The molecule has 0 aromatic heterocycles. The topological polar surface area (TPSA) is 24.5 Å². The van der Waals surface area contributed by atoms with Gasteiger partial charge in [-0.1, -0.05) is 13.3 Å². The molecule has 0 spiro atoms. The van der Waals surface area contributed by atoms with Crippen molar-refractivity contribution in [2.75, 3.05) is 26.8 Å². The van der Waals surface area contributed by atoms with E-state index < -0.39 is 0 Å². The fourth-order valence-electron chi connectivity index (χ4n) is 2.98. The van der Waals surface area contributed by atoms with Crippen LogP contribution in [0.3, 0.4) is 0 Å². The molecule has 0 bridgehead atoms. The van der Waals surface area contributed by atoms with Crippen LogP contribution in [0.4, 0.5) is 0 Å². The molecule has 0 aliphatic carbocycles. The van der Waals surface area contributed by atoms with E-state index in [2.05, 4.69) is 31.0 Å². The molecule has 0 saturated carbocycles. The van der Waals surface area contributed by atoms with Crippen LogP contribution >= 0.6 is 0 Å². The summed E-state index contributed by atoms with van der Waals surface area (Å²) in [7, 11) is 1.79. The van der Waals surface area contributed by atoms with Crippen LogP contribution in [-0.4, -0.2) is 49.8 Å². The van der Waals surface area contributed by atoms with Crippen LogP contribution in [0.1, 0.15) is 52.9 Å². The molecule has 108 valence electrons. The Hall–Kier alpha value is -0.120. The van der Waals surface area contributed by atoms with Crippen LogP contribution in [0.5, 0.6) is 0 Å². The molecule has 0 aromatic rings. The summed E-state index contributed by atoms with van der Waals surface area (Å²) in [6.45, 7) is 10.1. The van der Waals surface area contributed by atoms with Crippen LogP contribution in [0.25, 0.3) is 0 Å². The molecule has 3 unspecified atom stereocenters. The lowest BCUT2D eigenvalue weighted by Crippen LogP contribution is -2.46. The first-order chi connectivity index (χ1) is 8.69. The van der Waals surface area contributed by atoms with Crippen LogP contribution in [0.2, 0.25) is 0 Å². The SMILES string of the molecule is CCC(C)N(CCOC)C(C)CC1CCCCN1. The Kier molecular flexibility index (Phi) is 7.87. The highest BCUT2D eigenvalue weighted by Crippen LogP contribution is 2.17. The van der Waals surface area contributed by atoms with Gasteiger partial charge >= 0.3 is 0 Å². The standard InChI is InChI=1S/C15H32N2O/c1-5-13(2)17(10-11-18-4)14(3)12-15-8-6-7-9-16-15/h13-16H,5-12H2,1-4H3. The molecule has 1 aliphatic rings. The lowest BCUT2D eigenvalue weighted by molar-refractivity contribution is 0.0846. The summed E-state index contributed by atoms with van der Waals surface area (Å²) in [5, 5.41) is 3.66. The lowest BCUT2D eigenvalue weighted by atomic mass is 9.97. The summed E-state index contributed by atoms with van der Waals surface area (Å²) in [4.78, 5) is 2.61. The smallest absolute Gasteiger partial charge is 0.0589 e. The predicted molar refractivity (Wildman–Crippen MR) is 78.1 cm³/mol. The number of methoxy groups -OCH3 is 1. The minimum atomic E-state index is 0.644. The number of piperidine rings is 1. The second-order valence-electron chi connectivity index (χ2n) is 5.72. The summed E-state index contributed by atoms with van der Waals surface area (Å²) in [6, 6.07) is 2.02. The Morgan fingerprint density at radius 1 is 1.28 bits per heavy atom. The molecule has 1 rings (SSSR count). The Morgan fingerprint density at radius 3 is 2.61 bits per heavy atom. The zero-order valence-corrected chi connectivity index (χ0v) is 12.7. The number of hydrogen-bond acceptors (Lipinski definition) is 3. The first kappa shape index (κ1) is 15.9. The van der Waals surface area contributed by atoms with Gasteiger partial charge in [-0.15, -0.1) is 0 Å². The average Bonchev–Trinajstić information content (AvgIpc) is 2.40. The van der Waals surface area contributed by atoms with E-state index in [9.17, 15) is 0 Å². The van der Waals surface area contributed by atoms with Crippen molar-refractivity contribution < 1.29 is 4.74 Å². The lowest BCUT2D eigenvalue weighted by Gasteiger charge is -2.37. The van der Waals surface area contributed by atoms with E-state index in [0.717, 1.165) is 19.2 Å². The third kappa shape index (κ3) is 5.25. The van der Waals surface area contributed by atoms with E-state index in [0.29, 0.717) is 12.1 Å². The molecule has 1 heterocycles. The maximum Gasteiger partial charge on any atom is 0.0589 e. The van der Waals surface area contributed by atoms with Crippen LogP contribution < -0.4 is 5.32 Å². The minimum Gasteiger partial charge on any atom is -0.383 e. The Morgan fingerprint density at radius 2 is 2.06 bits per heavy atom. The number of nitrogens with one attached hydrogen (secondary N) is 1. The van der Waals surface area contributed by atoms with Crippen molar-refractivity contribution in [3.05, 3.63) is 0 Å². The maximum atomic E-state index is 5.25. The van der Waals surface area contributed by atoms with Gasteiger partial charge in [-0.3, -0.25) is 4.90 Å². The highest BCUT2D eigenvalue weighted by atomic mass is 16.5. The van der Waals surface area contributed by atoms with Crippen LogP contribution in [-0.2, 0) is 4.74 Å². The molecule has 1 fully saturated rings. The third-order valence-electron chi connectivity index (χ3n) is 4.31. The Balaban J connectivity index is 2.43. The summed E-state index contributed by atoms with van der Waals surface area (Å²) in [6.07, 6.45) is 6.58. The normalized spacial score (nSPS) is 24.2. The maximum absolute atomic E-state index is 5.25. The quantitative estimate of drug-likeness (QED) is 0.722. The molecule has 1 aliphatic heterocycles. The first-order valence-electron chi connectivity index (χ1n) is 7.67. The Bertz CT molecular complexity index is 205. The van der Waals surface area contributed by atoms with Crippen molar-refractivity contribution in [1.29, 1.82) is 0 Å². The monoisotopic (exact) mass is 256 g/mol. The number of nitrogens with zero attached hydrogens (tertiary/aromatic N) is 1. The predicted octanol–water partition coefficient (Wildman–Crippen LogP) is 2.65. The van der Waals surface area contributed by atoms with Crippen LogP contribution in [0.15, 0.2) is 0 Å². The van der Waals surface area contributed by atoms with Crippen molar-refractivity contribution in [1.82, 2.24) is 10.2 Å². The van der Waals surface area contributed by atoms with Gasteiger partial charge in [-0.05, 0) is 46.1 Å². The number of hydrogen-bond donors (Lipinski definition) is 1. The largest absolute Gasteiger partial charge is 0.383 e. The van der Waals surface area contributed by atoms with E-state index in [1.165, 1.54) is 38.6 Å². The number of rotatable bonds is 8. The molecule has 3 atom stereocenters. The second-order valence-corrected chi connectivity index (χ2v) is 5.72. The molecule has 1 N–H and O–H groups in total. The van der Waals surface area contributed by atoms with Gasteiger partial charge in [-0.25, -0.2) is 0 Å². The van der Waals surface area contributed by atoms with Crippen molar-refractivity contribution in [3.63, 3.8) is 0 Å². The second kappa shape index (κ2) is 8.89. The molecular weight excluding hydrogens is 224 g/mol. The van der Waals surface area contributed by atoms with Gasteiger partial charge in [0.2, 0.25) is 0 Å². The van der Waals surface area contributed by atoms with Crippen molar-refractivity contribution in [2.45, 2.75) is 71.0 Å². The summed E-state index contributed by atoms with van der Waals surface area (Å²) in [5.41, 5.74) is 0. The minimum absolute atomic E-state index is 0.644. The van der Waals surface area contributed by atoms with E-state index in [1.807, 2.05) is 0 Å². The molecule has 3 nitrogen and oxygen atoms in total. The molecule has 0 amide bonds. The molecule has 0 aromatic carbocycles. The summed E-state index contributed by atoms with van der Waals surface area (Å²) in [5.74, 6) is 0. The third-order valence-corrected chi connectivity index (χ3v) is 4.31. The van der Waals surface area contributed by atoms with Crippen molar-refractivity contribution in [2.24, 2.45) is 0 Å². The van der Waals surface area contributed by atoms with E-state index in [4.69, 9.17) is 4.74 Å². The molecule has 0 radical (unpaired) electrons. The molecule has 3 heteroatoms. The molecule has 1 saturated heterocycles. The Labute approximate surface area is 113 Å². The van der Waals surface area contributed by atoms with Gasteiger partial charge in [-0.2, -0.15) is 0 Å². The highest BCUT2D eigenvalue weighted by Gasteiger charge is 2.22. The van der Waals surface area contributed by atoms with Crippen molar-refractivity contribution in [3.8, 4) is 0 Å². The summed E-state index contributed by atoms with van der Waals surface area (Å²) >= 11 is 0. The zero-order chi connectivity index (χ0) is 13.4. The fourth-order valence-corrected chi connectivity index (χ4v) is 2.98. The zero-order valence-electron chi connectivity index (χ0n) is 12.7. The highest BCUT2D eigenvalue weighted by molar-refractivity contribution is 4.80. The van der Waals surface area contributed by atoms with E-state index >= 15 is 0 Å². The van der Waals surface area contributed by atoms with Gasteiger partial charge in [0.1, 0.15) is 0 Å². The first-order valence-corrected chi connectivity index (χ1v) is 7.67. The van der Waals surface area contributed by atoms with Gasteiger partial charge in [0.15, 0.2) is 0 Å². The number of ether oxygens (including phenoxy) is 1. The average molecular weight is 256 g/mol. The van der Waals surface area contributed by atoms with Gasteiger partial charge in [0.25, 0.3) is 0 Å². The molecular formula is C15H32N2O.